The second-order valence-electron chi connectivity index (χ2n) is 6.75. The SMILES string of the molecule is O=C1CC(c2ccccc2)CC(=O)N1c1ccc(N2CCOCC2)cc1. The highest BCUT2D eigenvalue weighted by atomic mass is 16.5. The molecule has 5 nitrogen and oxygen atoms in total. The molecule has 5 heteroatoms. The van der Waals surface area contributed by atoms with E-state index < -0.39 is 0 Å². The average molecular weight is 350 g/mol. The number of piperidine rings is 1. The van der Waals surface area contributed by atoms with Crippen molar-refractivity contribution in [3.63, 3.8) is 0 Å². The van der Waals surface area contributed by atoms with Gasteiger partial charge in [-0.15, -0.1) is 0 Å². The molecule has 0 bridgehead atoms. The van der Waals surface area contributed by atoms with Gasteiger partial charge in [-0.1, -0.05) is 30.3 Å². The molecule has 0 unspecified atom stereocenters. The molecule has 2 aliphatic rings. The van der Waals surface area contributed by atoms with E-state index in [0.29, 0.717) is 18.5 Å². The predicted octanol–water partition coefficient (Wildman–Crippen LogP) is 2.96. The summed E-state index contributed by atoms with van der Waals surface area (Å²) in [5.41, 5.74) is 2.80. The molecule has 2 aromatic carbocycles. The van der Waals surface area contributed by atoms with E-state index in [0.717, 1.165) is 37.6 Å². The van der Waals surface area contributed by atoms with Gasteiger partial charge in [0, 0.05) is 37.5 Å². The number of amides is 2. The molecule has 2 aromatic rings. The Labute approximate surface area is 153 Å². The van der Waals surface area contributed by atoms with Crippen molar-refractivity contribution < 1.29 is 14.3 Å². The van der Waals surface area contributed by atoms with Crippen LogP contribution in [0.2, 0.25) is 0 Å². The van der Waals surface area contributed by atoms with E-state index >= 15 is 0 Å². The summed E-state index contributed by atoms with van der Waals surface area (Å²) in [7, 11) is 0. The fourth-order valence-corrected chi connectivity index (χ4v) is 3.70. The van der Waals surface area contributed by atoms with Crippen molar-refractivity contribution >= 4 is 23.2 Å². The third kappa shape index (κ3) is 3.35. The smallest absolute Gasteiger partial charge is 0.234 e. The van der Waals surface area contributed by atoms with E-state index in [1.807, 2.05) is 54.6 Å². The van der Waals surface area contributed by atoms with Crippen molar-refractivity contribution in [1.82, 2.24) is 0 Å². The summed E-state index contributed by atoms with van der Waals surface area (Å²) < 4.78 is 5.38. The van der Waals surface area contributed by atoms with Gasteiger partial charge in [0.05, 0.1) is 18.9 Å². The highest BCUT2D eigenvalue weighted by molar-refractivity contribution is 6.17. The van der Waals surface area contributed by atoms with Crippen LogP contribution in [-0.4, -0.2) is 38.1 Å². The summed E-state index contributed by atoms with van der Waals surface area (Å²) in [6.45, 7) is 3.18. The van der Waals surface area contributed by atoms with Crippen LogP contribution in [0.5, 0.6) is 0 Å². The Morgan fingerprint density at radius 1 is 0.769 bits per heavy atom. The second kappa shape index (κ2) is 7.30. The molecule has 0 aromatic heterocycles. The maximum absolute atomic E-state index is 12.7. The molecule has 4 rings (SSSR count). The van der Waals surface area contributed by atoms with Crippen molar-refractivity contribution in [2.24, 2.45) is 0 Å². The molecule has 2 amide bonds. The largest absolute Gasteiger partial charge is 0.378 e. The van der Waals surface area contributed by atoms with Crippen LogP contribution in [0.3, 0.4) is 0 Å². The number of carbonyl (C=O) groups is 2. The van der Waals surface area contributed by atoms with E-state index in [-0.39, 0.29) is 17.7 Å². The van der Waals surface area contributed by atoms with Gasteiger partial charge in [0.15, 0.2) is 0 Å². The normalized spacial score (nSPS) is 19.1. The van der Waals surface area contributed by atoms with Crippen molar-refractivity contribution in [2.75, 3.05) is 36.1 Å². The summed E-state index contributed by atoms with van der Waals surface area (Å²) in [4.78, 5) is 28.9. The summed E-state index contributed by atoms with van der Waals surface area (Å²) >= 11 is 0. The molecule has 0 saturated carbocycles. The van der Waals surface area contributed by atoms with E-state index in [2.05, 4.69) is 4.90 Å². The molecule has 2 aliphatic heterocycles. The maximum Gasteiger partial charge on any atom is 0.234 e. The lowest BCUT2D eigenvalue weighted by Gasteiger charge is -2.31. The van der Waals surface area contributed by atoms with Crippen LogP contribution in [0.15, 0.2) is 54.6 Å². The Kier molecular flexibility index (Phi) is 4.71. The average Bonchev–Trinajstić information content (AvgIpc) is 2.69. The molecule has 0 radical (unpaired) electrons. The minimum absolute atomic E-state index is 0.0277. The maximum atomic E-state index is 12.7. The van der Waals surface area contributed by atoms with E-state index in [1.165, 1.54) is 4.90 Å². The van der Waals surface area contributed by atoms with Crippen molar-refractivity contribution in [3.8, 4) is 0 Å². The number of anilines is 2. The lowest BCUT2D eigenvalue weighted by atomic mass is 9.88. The third-order valence-electron chi connectivity index (χ3n) is 5.10. The lowest BCUT2D eigenvalue weighted by molar-refractivity contribution is -0.129. The number of hydrogen-bond donors (Lipinski definition) is 0. The van der Waals surface area contributed by atoms with Gasteiger partial charge in [-0.3, -0.25) is 14.5 Å². The fourth-order valence-electron chi connectivity index (χ4n) is 3.70. The van der Waals surface area contributed by atoms with E-state index in [9.17, 15) is 9.59 Å². The molecule has 0 spiro atoms. The van der Waals surface area contributed by atoms with E-state index in [1.54, 1.807) is 0 Å². The molecule has 0 aliphatic carbocycles. The van der Waals surface area contributed by atoms with Crippen LogP contribution in [0.25, 0.3) is 0 Å². The molecule has 0 N–H and O–H groups in total. The van der Waals surface area contributed by atoms with Gasteiger partial charge in [0.1, 0.15) is 0 Å². The Morgan fingerprint density at radius 3 is 1.96 bits per heavy atom. The van der Waals surface area contributed by atoms with Gasteiger partial charge in [-0.2, -0.15) is 0 Å². The molecule has 2 fully saturated rings. The monoisotopic (exact) mass is 350 g/mol. The molecule has 0 atom stereocenters. The highest BCUT2D eigenvalue weighted by Gasteiger charge is 2.34. The van der Waals surface area contributed by atoms with Gasteiger partial charge in [-0.05, 0) is 29.8 Å². The van der Waals surface area contributed by atoms with Gasteiger partial charge in [0.2, 0.25) is 11.8 Å². The molecular weight excluding hydrogens is 328 g/mol. The van der Waals surface area contributed by atoms with Crippen LogP contribution < -0.4 is 9.80 Å². The molecule has 2 saturated heterocycles. The number of benzene rings is 2. The quantitative estimate of drug-likeness (QED) is 0.799. The molecule has 2 heterocycles. The van der Waals surface area contributed by atoms with Crippen LogP contribution in [-0.2, 0) is 14.3 Å². The van der Waals surface area contributed by atoms with Gasteiger partial charge in [-0.25, -0.2) is 0 Å². The van der Waals surface area contributed by atoms with Crippen LogP contribution in [0.1, 0.15) is 24.3 Å². The number of carbonyl (C=O) groups excluding carboxylic acids is 2. The third-order valence-corrected chi connectivity index (χ3v) is 5.10. The number of nitrogens with zero attached hydrogens (tertiary/aromatic N) is 2. The first-order chi connectivity index (χ1) is 12.7. The Balaban J connectivity index is 1.49. The fraction of sp³-hybridized carbons (Fsp3) is 0.333. The zero-order valence-electron chi connectivity index (χ0n) is 14.6. The zero-order chi connectivity index (χ0) is 17.9. The standard InChI is InChI=1S/C21H22N2O3/c24-20-14-17(16-4-2-1-3-5-16)15-21(25)23(20)19-8-6-18(7-9-19)22-10-12-26-13-11-22/h1-9,17H,10-15H2. The second-order valence-corrected chi connectivity index (χ2v) is 6.75. The minimum Gasteiger partial charge on any atom is -0.378 e. The van der Waals surface area contributed by atoms with Crippen molar-refractivity contribution in [2.45, 2.75) is 18.8 Å². The summed E-state index contributed by atoms with van der Waals surface area (Å²) in [5.74, 6) is -0.288. The van der Waals surface area contributed by atoms with Crippen molar-refractivity contribution in [1.29, 1.82) is 0 Å². The Morgan fingerprint density at radius 2 is 1.35 bits per heavy atom. The minimum atomic E-state index is -0.130. The highest BCUT2D eigenvalue weighted by Crippen LogP contribution is 2.32. The van der Waals surface area contributed by atoms with Crippen LogP contribution in [0.4, 0.5) is 11.4 Å². The number of morpholine rings is 1. The lowest BCUT2D eigenvalue weighted by Crippen LogP contribution is -2.42. The van der Waals surface area contributed by atoms with Gasteiger partial charge >= 0.3 is 0 Å². The Hall–Kier alpha value is -2.66. The first kappa shape index (κ1) is 16.8. The predicted molar refractivity (Wildman–Crippen MR) is 100 cm³/mol. The number of ether oxygens (including phenoxy) is 1. The van der Waals surface area contributed by atoms with Gasteiger partial charge < -0.3 is 9.64 Å². The van der Waals surface area contributed by atoms with Gasteiger partial charge in [0.25, 0.3) is 0 Å². The molecule has 26 heavy (non-hydrogen) atoms. The van der Waals surface area contributed by atoms with E-state index in [4.69, 9.17) is 4.74 Å². The van der Waals surface area contributed by atoms with Crippen molar-refractivity contribution in [3.05, 3.63) is 60.2 Å². The zero-order valence-corrected chi connectivity index (χ0v) is 14.6. The number of hydrogen-bond acceptors (Lipinski definition) is 4. The molecular formula is C21H22N2O3. The number of imide groups is 1. The molecule has 134 valence electrons. The summed E-state index contributed by atoms with van der Waals surface area (Å²) in [6, 6.07) is 17.5. The first-order valence-corrected chi connectivity index (χ1v) is 9.06. The van der Waals surface area contributed by atoms with Crippen LogP contribution >= 0.6 is 0 Å². The topological polar surface area (TPSA) is 49.9 Å². The summed E-state index contributed by atoms with van der Waals surface area (Å²) in [5, 5.41) is 0. The summed E-state index contributed by atoms with van der Waals surface area (Å²) in [6.07, 6.45) is 0.724. The van der Waals surface area contributed by atoms with Crippen LogP contribution in [0, 0.1) is 0 Å². The first-order valence-electron chi connectivity index (χ1n) is 9.06. The number of rotatable bonds is 3. The Bertz CT molecular complexity index is 765.